The fourth-order valence-electron chi connectivity index (χ4n) is 2.30. The van der Waals surface area contributed by atoms with Gasteiger partial charge in [-0.15, -0.1) is 0 Å². The van der Waals surface area contributed by atoms with E-state index in [-0.39, 0.29) is 10.9 Å². The molecule has 19 heavy (non-hydrogen) atoms. The Morgan fingerprint density at radius 2 is 2.11 bits per heavy atom. The van der Waals surface area contributed by atoms with Crippen LogP contribution in [0.25, 0.3) is 0 Å². The summed E-state index contributed by atoms with van der Waals surface area (Å²) in [4.78, 5) is 0.146. The molecule has 2 N–H and O–H groups in total. The van der Waals surface area contributed by atoms with Crippen molar-refractivity contribution in [1.82, 2.24) is 10.0 Å². The van der Waals surface area contributed by atoms with E-state index in [1.807, 2.05) is 0 Å². The predicted octanol–water partition coefficient (Wildman–Crippen LogP) is 1.55. The summed E-state index contributed by atoms with van der Waals surface area (Å²) < 4.78 is 40.2. The second-order valence-corrected chi connectivity index (χ2v) is 6.80. The van der Waals surface area contributed by atoms with Crippen LogP contribution in [0.3, 0.4) is 0 Å². The van der Waals surface area contributed by atoms with E-state index >= 15 is 0 Å². The van der Waals surface area contributed by atoms with Gasteiger partial charge in [0.05, 0.1) is 4.90 Å². The molecule has 106 valence electrons. The van der Waals surface area contributed by atoms with Crippen LogP contribution in [0, 0.1) is 12.7 Å². The van der Waals surface area contributed by atoms with Gasteiger partial charge in [-0.2, -0.15) is 0 Å². The Balaban J connectivity index is 2.14. The van der Waals surface area contributed by atoms with Crippen molar-refractivity contribution in [3.63, 3.8) is 0 Å². The quantitative estimate of drug-likeness (QED) is 0.886. The van der Waals surface area contributed by atoms with Gasteiger partial charge < -0.3 is 5.32 Å². The minimum Gasteiger partial charge on any atom is -0.313 e. The average molecular weight is 286 g/mol. The number of sulfonamides is 1. The molecular formula is C13H19FN2O2S. The molecule has 1 aromatic carbocycles. The van der Waals surface area contributed by atoms with Gasteiger partial charge in [0, 0.05) is 18.6 Å². The maximum absolute atomic E-state index is 13.0. The third kappa shape index (κ3) is 3.52. The van der Waals surface area contributed by atoms with Crippen LogP contribution < -0.4 is 10.0 Å². The molecule has 0 aromatic heterocycles. The van der Waals surface area contributed by atoms with Crippen molar-refractivity contribution in [2.45, 2.75) is 43.7 Å². The topological polar surface area (TPSA) is 58.2 Å². The Hall–Kier alpha value is -0.980. The first-order valence-electron chi connectivity index (χ1n) is 6.40. The van der Waals surface area contributed by atoms with Crippen molar-refractivity contribution in [2.75, 3.05) is 6.54 Å². The molecule has 0 amide bonds. The lowest BCUT2D eigenvalue weighted by Crippen LogP contribution is -2.48. The van der Waals surface area contributed by atoms with Crippen LogP contribution in [-0.4, -0.2) is 27.0 Å². The number of nitrogens with one attached hydrogen (secondary N) is 2. The second-order valence-electron chi connectivity index (χ2n) is 5.11. The molecular weight excluding hydrogens is 267 g/mol. The highest BCUT2D eigenvalue weighted by molar-refractivity contribution is 7.89. The summed E-state index contributed by atoms with van der Waals surface area (Å²) in [6.45, 7) is 4.30. The predicted molar refractivity (Wildman–Crippen MR) is 71.9 cm³/mol. The molecule has 0 radical (unpaired) electrons. The van der Waals surface area contributed by atoms with Gasteiger partial charge >= 0.3 is 0 Å². The first-order chi connectivity index (χ1) is 8.88. The number of hydrogen-bond acceptors (Lipinski definition) is 3. The van der Waals surface area contributed by atoms with Crippen molar-refractivity contribution in [2.24, 2.45) is 0 Å². The highest BCUT2D eigenvalue weighted by atomic mass is 32.2. The molecule has 0 bridgehead atoms. The summed E-state index contributed by atoms with van der Waals surface area (Å²) in [7, 11) is -3.58. The third-order valence-corrected chi connectivity index (χ3v) is 5.09. The summed E-state index contributed by atoms with van der Waals surface area (Å²) in [6, 6.07) is 4.03. The minimum absolute atomic E-state index is 0.106. The van der Waals surface area contributed by atoms with Gasteiger partial charge in [-0.25, -0.2) is 17.5 Å². The van der Waals surface area contributed by atoms with E-state index in [4.69, 9.17) is 0 Å². The Morgan fingerprint density at radius 1 is 1.37 bits per heavy atom. The number of piperidine rings is 1. The number of halogens is 1. The van der Waals surface area contributed by atoms with Crippen LogP contribution in [0.2, 0.25) is 0 Å². The summed E-state index contributed by atoms with van der Waals surface area (Å²) in [5.74, 6) is -0.426. The Labute approximate surface area is 113 Å². The fraction of sp³-hybridized carbons (Fsp3) is 0.538. The van der Waals surface area contributed by atoms with E-state index in [1.54, 1.807) is 6.92 Å². The van der Waals surface area contributed by atoms with Crippen molar-refractivity contribution >= 4 is 10.0 Å². The molecule has 2 unspecified atom stereocenters. The Morgan fingerprint density at radius 3 is 2.68 bits per heavy atom. The standard InChI is InChI=1S/C13H19FN2O2S/c1-9-7-11(14)4-6-13(9)19(17,18)16-12-5-3-10(2)15-8-12/h4,6-7,10,12,15-16H,3,5,8H2,1-2H3. The smallest absolute Gasteiger partial charge is 0.241 e. The molecule has 4 nitrogen and oxygen atoms in total. The van der Waals surface area contributed by atoms with Gasteiger partial charge in [-0.05, 0) is 50.5 Å². The lowest BCUT2D eigenvalue weighted by Gasteiger charge is -2.28. The van der Waals surface area contributed by atoms with Gasteiger partial charge in [-0.3, -0.25) is 0 Å². The molecule has 0 aliphatic carbocycles. The Bertz CT molecular complexity index is 552. The molecule has 1 aliphatic heterocycles. The van der Waals surface area contributed by atoms with Crippen molar-refractivity contribution in [1.29, 1.82) is 0 Å². The number of rotatable bonds is 3. The summed E-state index contributed by atoms with van der Waals surface area (Å²) in [6.07, 6.45) is 1.75. The van der Waals surface area contributed by atoms with E-state index in [9.17, 15) is 12.8 Å². The van der Waals surface area contributed by atoms with Gasteiger partial charge in [0.1, 0.15) is 5.82 Å². The molecule has 1 heterocycles. The van der Waals surface area contributed by atoms with Crippen molar-refractivity contribution in [3.05, 3.63) is 29.6 Å². The summed E-state index contributed by atoms with van der Waals surface area (Å²) in [5, 5.41) is 3.24. The molecule has 2 atom stereocenters. The van der Waals surface area contributed by atoms with Gasteiger partial charge in [0.25, 0.3) is 0 Å². The van der Waals surface area contributed by atoms with Gasteiger partial charge in [0.15, 0.2) is 0 Å². The van der Waals surface area contributed by atoms with E-state index in [0.29, 0.717) is 18.2 Å². The van der Waals surface area contributed by atoms with Crippen molar-refractivity contribution < 1.29 is 12.8 Å². The maximum atomic E-state index is 13.0. The van der Waals surface area contributed by atoms with Gasteiger partial charge in [0.2, 0.25) is 10.0 Å². The molecule has 0 spiro atoms. The Kier molecular flexibility index (Phi) is 4.23. The van der Waals surface area contributed by atoms with Crippen LogP contribution >= 0.6 is 0 Å². The summed E-state index contributed by atoms with van der Waals surface area (Å²) >= 11 is 0. The molecule has 1 saturated heterocycles. The molecule has 6 heteroatoms. The number of aryl methyl sites for hydroxylation is 1. The van der Waals surface area contributed by atoms with Crippen LogP contribution in [0.15, 0.2) is 23.1 Å². The van der Waals surface area contributed by atoms with Crippen LogP contribution in [0.4, 0.5) is 4.39 Å². The zero-order valence-electron chi connectivity index (χ0n) is 11.1. The normalized spacial score (nSPS) is 24.4. The number of benzene rings is 1. The van der Waals surface area contributed by atoms with Crippen LogP contribution in [0.5, 0.6) is 0 Å². The SMILES string of the molecule is Cc1cc(F)ccc1S(=O)(=O)NC1CCC(C)NC1. The van der Waals surface area contributed by atoms with Crippen LogP contribution in [-0.2, 0) is 10.0 Å². The van der Waals surface area contributed by atoms with Gasteiger partial charge in [-0.1, -0.05) is 0 Å². The third-order valence-electron chi connectivity index (χ3n) is 3.41. The largest absolute Gasteiger partial charge is 0.313 e. The van der Waals surface area contributed by atoms with Crippen LogP contribution in [0.1, 0.15) is 25.3 Å². The van der Waals surface area contributed by atoms with E-state index in [2.05, 4.69) is 17.0 Å². The zero-order chi connectivity index (χ0) is 14.0. The first kappa shape index (κ1) is 14.4. The van der Waals surface area contributed by atoms with E-state index in [1.165, 1.54) is 18.2 Å². The highest BCUT2D eigenvalue weighted by Crippen LogP contribution is 2.18. The fourth-order valence-corrected chi connectivity index (χ4v) is 3.79. The molecule has 1 aromatic rings. The zero-order valence-corrected chi connectivity index (χ0v) is 11.9. The van der Waals surface area contributed by atoms with E-state index in [0.717, 1.165) is 12.8 Å². The van der Waals surface area contributed by atoms with Crippen molar-refractivity contribution in [3.8, 4) is 0 Å². The molecule has 1 aliphatic rings. The molecule has 0 saturated carbocycles. The second kappa shape index (κ2) is 5.56. The minimum atomic E-state index is -3.58. The maximum Gasteiger partial charge on any atom is 0.241 e. The monoisotopic (exact) mass is 286 g/mol. The molecule has 1 fully saturated rings. The van der Waals surface area contributed by atoms with E-state index < -0.39 is 15.8 Å². The average Bonchev–Trinajstić information content (AvgIpc) is 2.31. The first-order valence-corrected chi connectivity index (χ1v) is 7.88. The number of hydrogen-bond donors (Lipinski definition) is 2. The lowest BCUT2D eigenvalue weighted by molar-refractivity contribution is 0.366. The summed E-state index contributed by atoms with van der Waals surface area (Å²) in [5.41, 5.74) is 0.421. The molecule has 2 rings (SSSR count). The highest BCUT2D eigenvalue weighted by Gasteiger charge is 2.24. The lowest BCUT2D eigenvalue weighted by atomic mass is 10.0.